The normalized spacial score (nSPS) is 20.8. The minimum absolute atomic E-state index is 0.0244. The van der Waals surface area contributed by atoms with Gasteiger partial charge in [-0.1, -0.05) is 12.8 Å². The van der Waals surface area contributed by atoms with Gasteiger partial charge in [0.25, 0.3) is 0 Å². The molecule has 0 spiro atoms. The first kappa shape index (κ1) is 19.4. The number of methoxy groups -OCH3 is 1. The maximum Gasteiger partial charge on any atom is 0.407 e. The minimum atomic E-state index is -0.506. The summed E-state index contributed by atoms with van der Waals surface area (Å²) in [5, 5.41) is 16.5. The summed E-state index contributed by atoms with van der Waals surface area (Å²) in [5.41, 5.74) is 0.273. The largest absolute Gasteiger partial charge is 0.508 e. The van der Waals surface area contributed by atoms with Crippen molar-refractivity contribution in [3.05, 3.63) is 23.8 Å². The van der Waals surface area contributed by atoms with Gasteiger partial charge in [0.2, 0.25) is 0 Å². The van der Waals surface area contributed by atoms with Crippen LogP contribution in [0.1, 0.15) is 52.0 Å². The van der Waals surface area contributed by atoms with Crippen molar-refractivity contribution in [2.75, 3.05) is 7.11 Å². The number of hydrogen-bond acceptors (Lipinski definition) is 5. The Morgan fingerprint density at radius 3 is 2.56 bits per heavy atom. The molecule has 3 N–H and O–H groups in total. The van der Waals surface area contributed by atoms with Gasteiger partial charge in [0.05, 0.1) is 7.11 Å². The van der Waals surface area contributed by atoms with Crippen LogP contribution in [-0.4, -0.2) is 36.0 Å². The zero-order chi connectivity index (χ0) is 18.4. The molecule has 0 radical (unpaired) electrons. The number of carbonyl (C=O) groups is 1. The third kappa shape index (κ3) is 6.12. The Balaban J connectivity index is 1.95. The predicted molar refractivity (Wildman–Crippen MR) is 96.9 cm³/mol. The second-order valence-electron chi connectivity index (χ2n) is 7.52. The molecule has 1 aliphatic rings. The second kappa shape index (κ2) is 8.43. The molecule has 0 saturated heterocycles. The molecule has 1 amide bonds. The van der Waals surface area contributed by atoms with Crippen LogP contribution in [0.15, 0.2) is 18.2 Å². The summed E-state index contributed by atoms with van der Waals surface area (Å²) >= 11 is 0. The van der Waals surface area contributed by atoms with Crippen LogP contribution >= 0.6 is 0 Å². The van der Waals surface area contributed by atoms with E-state index in [1.165, 1.54) is 0 Å². The van der Waals surface area contributed by atoms with Gasteiger partial charge in [-0.3, -0.25) is 0 Å². The first-order valence-corrected chi connectivity index (χ1v) is 8.87. The zero-order valence-corrected chi connectivity index (χ0v) is 15.6. The van der Waals surface area contributed by atoms with Gasteiger partial charge in [-0.15, -0.1) is 0 Å². The van der Waals surface area contributed by atoms with Crippen LogP contribution in [0.4, 0.5) is 4.79 Å². The summed E-state index contributed by atoms with van der Waals surface area (Å²) in [4.78, 5) is 12.1. The Morgan fingerprint density at radius 1 is 1.24 bits per heavy atom. The molecular weight excluding hydrogens is 320 g/mol. The maximum atomic E-state index is 12.1. The van der Waals surface area contributed by atoms with Crippen LogP contribution < -0.4 is 15.4 Å². The highest BCUT2D eigenvalue weighted by molar-refractivity contribution is 5.68. The number of carbonyl (C=O) groups excluding carboxylic acids is 1. The minimum Gasteiger partial charge on any atom is -0.508 e. The number of rotatable bonds is 5. The van der Waals surface area contributed by atoms with Gasteiger partial charge in [0.15, 0.2) is 0 Å². The lowest BCUT2D eigenvalue weighted by atomic mass is 9.90. The summed E-state index contributed by atoms with van der Waals surface area (Å²) in [5.74, 6) is 0.947. The number of nitrogens with one attached hydrogen (secondary N) is 2. The first-order chi connectivity index (χ1) is 11.8. The van der Waals surface area contributed by atoms with E-state index in [4.69, 9.17) is 9.47 Å². The zero-order valence-electron chi connectivity index (χ0n) is 15.6. The van der Waals surface area contributed by atoms with E-state index in [9.17, 15) is 9.90 Å². The molecule has 0 unspecified atom stereocenters. The van der Waals surface area contributed by atoms with Crippen molar-refractivity contribution in [2.24, 2.45) is 0 Å². The van der Waals surface area contributed by atoms with Crippen molar-refractivity contribution in [1.82, 2.24) is 10.6 Å². The smallest absolute Gasteiger partial charge is 0.407 e. The van der Waals surface area contributed by atoms with Crippen molar-refractivity contribution in [3.8, 4) is 11.5 Å². The van der Waals surface area contributed by atoms with E-state index < -0.39 is 5.60 Å². The van der Waals surface area contributed by atoms with Gasteiger partial charge in [0, 0.05) is 24.2 Å². The molecule has 2 atom stereocenters. The number of alkyl carbamates (subject to hydrolysis) is 1. The van der Waals surface area contributed by atoms with Gasteiger partial charge >= 0.3 is 6.09 Å². The van der Waals surface area contributed by atoms with Crippen molar-refractivity contribution < 1.29 is 19.4 Å². The Hall–Kier alpha value is -1.95. The van der Waals surface area contributed by atoms with E-state index in [2.05, 4.69) is 10.6 Å². The van der Waals surface area contributed by atoms with Gasteiger partial charge in [-0.25, -0.2) is 4.79 Å². The molecule has 0 aliphatic heterocycles. The second-order valence-corrected chi connectivity index (χ2v) is 7.52. The van der Waals surface area contributed by atoms with Gasteiger partial charge in [-0.05, 0) is 51.8 Å². The van der Waals surface area contributed by atoms with Crippen LogP contribution in [0.3, 0.4) is 0 Å². The van der Waals surface area contributed by atoms with Crippen LogP contribution in [0.5, 0.6) is 11.5 Å². The number of aromatic hydroxyl groups is 1. The lowest BCUT2D eigenvalue weighted by molar-refractivity contribution is 0.0479. The standard InChI is InChI=1S/C19H30N2O4/c1-19(2,3)25-18(23)21-16-8-6-5-7-15(16)20-12-13-11-14(24-4)9-10-17(13)22/h9-11,15-16,20,22H,5-8,12H2,1-4H3,(H,21,23)/t15-,16-/m1/s1. The fourth-order valence-corrected chi connectivity index (χ4v) is 3.08. The van der Waals surface area contributed by atoms with E-state index in [0.717, 1.165) is 31.2 Å². The number of phenols is 1. The molecule has 25 heavy (non-hydrogen) atoms. The molecule has 1 aromatic carbocycles. The molecule has 1 aliphatic carbocycles. The lowest BCUT2D eigenvalue weighted by Gasteiger charge is -2.33. The number of amides is 1. The summed E-state index contributed by atoms with van der Waals surface area (Å²) in [6.45, 7) is 6.08. The van der Waals surface area contributed by atoms with Gasteiger partial charge < -0.3 is 25.2 Å². The molecular formula is C19H30N2O4. The number of benzene rings is 1. The monoisotopic (exact) mass is 350 g/mol. The third-order valence-corrected chi connectivity index (χ3v) is 4.31. The number of ether oxygens (including phenoxy) is 2. The third-order valence-electron chi connectivity index (χ3n) is 4.31. The fourth-order valence-electron chi connectivity index (χ4n) is 3.08. The van der Waals surface area contributed by atoms with Crippen molar-refractivity contribution in [1.29, 1.82) is 0 Å². The summed E-state index contributed by atoms with van der Waals surface area (Å²) in [7, 11) is 1.60. The molecule has 140 valence electrons. The van der Waals surface area contributed by atoms with Crippen molar-refractivity contribution in [2.45, 2.75) is 70.7 Å². The fraction of sp³-hybridized carbons (Fsp3) is 0.632. The van der Waals surface area contributed by atoms with Crippen LogP contribution in [-0.2, 0) is 11.3 Å². The Bertz CT molecular complexity index is 583. The predicted octanol–water partition coefficient (Wildman–Crippen LogP) is 3.33. The van der Waals surface area contributed by atoms with E-state index >= 15 is 0 Å². The number of phenolic OH excluding ortho intramolecular Hbond substituents is 1. The molecule has 0 heterocycles. The van der Waals surface area contributed by atoms with E-state index in [1.807, 2.05) is 26.8 Å². The highest BCUT2D eigenvalue weighted by Crippen LogP contribution is 2.24. The summed E-state index contributed by atoms with van der Waals surface area (Å²) in [6.07, 6.45) is 3.72. The average molecular weight is 350 g/mol. The maximum absolute atomic E-state index is 12.1. The molecule has 1 fully saturated rings. The molecule has 0 aromatic heterocycles. The lowest BCUT2D eigenvalue weighted by Crippen LogP contribution is -2.52. The first-order valence-electron chi connectivity index (χ1n) is 8.87. The van der Waals surface area contributed by atoms with E-state index in [1.54, 1.807) is 19.2 Å². The van der Waals surface area contributed by atoms with Gasteiger partial charge in [-0.2, -0.15) is 0 Å². The Kier molecular flexibility index (Phi) is 6.53. The van der Waals surface area contributed by atoms with Crippen LogP contribution in [0.25, 0.3) is 0 Å². The average Bonchev–Trinajstić information content (AvgIpc) is 2.53. The quantitative estimate of drug-likeness (QED) is 0.759. The molecule has 1 saturated carbocycles. The molecule has 0 bridgehead atoms. The van der Waals surface area contributed by atoms with Gasteiger partial charge in [0.1, 0.15) is 17.1 Å². The molecule has 2 rings (SSSR count). The molecule has 6 heteroatoms. The Labute approximate surface area is 149 Å². The molecule has 6 nitrogen and oxygen atoms in total. The summed E-state index contributed by atoms with van der Waals surface area (Å²) < 4.78 is 10.6. The topological polar surface area (TPSA) is 79.8 Å². The Morgan fingerprint density at radius 2 is 1.92 bits per heavy atom. The van der Waals surface area contributed by atoms with Crippen molar-refractivity contribution >= 4 is 6.09 Å². The van der Waals surface area contributed by atoms with Crippen molar-refractivity contribution in [3.63, 3.8) is 0 Å². The van der Waals surface area contributed by atoms with Crippen LogP contribution in [0.2, 0.25) is 0 Å². The van der Waals surface area contributed by atoms with E-state index in [0.29, 0.717) is 12.3 Å². The van der Waals surface area contributed by atoms with E-state index in [-0.39, 0.29) is 23.9 Å². The highest BCUT2D eigenvalue weighted by atomic mass is 16.6. The number of hydrogen-bond donors (Lipinski definition) is 3. The molecule has 1 aromatic rings. The SMILES string of the molecule is COc1ccc(O)c(CN[C@@H]2CCCC[C@H]2NC(=O)OC(C)(C)C)c1. The van der Waals surface area contributed by atoms with Crippen LogP contribution in [0, 0.1) is 0 Å². The summed E-state index contributed by atoms with van der Waals surface area (Å²) in [6, 6.07) is 5.35. The highest BCUT2D eigenvalue weighted by Gasteiger charge is 2.28.